The Bertz CT molecular complexity index is 1180. The standard InChI is InChI=1S/C23H24N2O5S/c1-28-21-13-16(14-22(29-2)23(21)30-3)11-12-17-7-4-5-10-20(17)25-31(26,27)19-9-6-8-18(24)15-19/h4-15,25H,24H2,1-3H3. The monoisotopic (exact) mass is 440 g/mol. The number of benzene rings is 3. The van der Waals surface area contributed by atoms with Crippen LogP contribution in [-0.2, 0) is 10.0 Å². The maximum absolute atomic E-state index is 12.8. The highest BCUT2D eigenvalue weighted by Crippen LogP contribution is 2.38. The van der Waals surface area contributed by atoms with Gasteiger partial charge in [-0.2, -0.15) is 0 Å². The Morgan fingerprint density at radius 3 is 2.13 bits per heavy atom. The van der Waals surface area contributed by atoms with Crippen LogP contribution in [0.5, 0.6) is 17.2 Å². The molecule has 3 N–H and O–H groups in total. The molecule has 0 aromatic heterocycles. The number of para-hydroxylation sites is 1. The molecule has 0 amide bonds. The molecule has 0 bridgehead atoms. The van der Waals surface area contributed by atoms with E-state index >= 15 is 0 Å². The van der Waals surface area contributed by atoms with Crippen LogP contribution in [-0.4, -0.2) is 29.7 Å². The van der Waals surface area contributed by atoms with E-state index in [0.717, 1.165) is 5.56 Å². The smallest absolute Gasteiger partial charge is 0.261 e. The van der Waals surface area contributed by atoms with Gasteiger partial charge in [-0.05, 0) is 47.5 Å². The molecule has 0 spiro atoms. The van der Waals surface area contributed by atoms with Crippen LogP contribution in [0.15, 0.2) is 65.6 Å². The Hall–Kier alpha value is -3.65. The molecule has 0 saturated carbocycles. The van der Waals surface area contributed by atoms with Crippen LogP contribution >= 0.6 is 0 Å². The van der Waals surface area contributed by atoms with Gasteiger partial charge in [0.2, 0.25) is 5.75 Å². The SMILES string of the molecule is COc1cc(C=Cc2ccccc2NS(=O)(=O)c2cccc(N)c2)cc(OC)c1OC. The third-order valence-corrected chi connectivity index (χ3v) is 5.88. The number of hydrogen-bond acceptors (Lipinski definition) is 6. The molecule has 162 valence electrons. The summed E-state index contributed by atoms with van der Waals surface area (Å²) < 4.78 is 44.3. The van der Waals surface area contributed by atoms with Crippen molar-refractivity contribution >= 4 is 33.6 Å². The fraction of sp³-hybridized carbons (Fsp3) is 0.130. The molecule has 0 aliphatic rings. The molecule has 0 aliphatic carbocycles. The van der Waals surface area contributed by atoms with Crippen molar-refractivity contribution in [1.29, 1.82) is 0 Å². The number of hydrogen-bond donors (Lipinski definition) is 2. The number of sulfonamides is 1. The largest absolute Gasteiger partial charge is 0.493 e. The van der Waals surface area contributed by atoms with Crippen molar-refractivity contribution in [3.63, 3.8) is 0 Å². The molecule has 31 heavy (non-hydrogen) atoms. The van der Waals surface area contributed by atoms with E-state index < -0.39 is 10.0 Å². The van der Waals surface area contributed by atoms with Gasteiger partial charge in [-0.3, -0.25) is 4.72 Å². The first kappa shape index (κ1) is 22.0. The highest BCUT2D eigenvalue weighted by Gasteiger charge is 2.16. The van der Waals surface area contributed by atoms with E-state index in [1.54, 1.807) is 63.8 Å². The molecular formula is C23H24N2O5S. The lowest BCUT2D eigenvalue weighted by atomic mass is 10.1. The van der Waals surface area contributed by atoms with Crippen LogP contribution in [0.25, 0.3) is 12.2 Å². The molecule has 7 nitrogen and oxygen atoms in total. The summed E-state index contributed by atoms with van der Waals surface area (Å²) in [5.74, 6) is 1.55. The van der Waals surface area contributed by atoms with Crippen molar-refractivity contribution in [2.75, 3.05) is 31.8 Å². The van der Waals surface area contributed by atoms with Crippen molar-refractivity contribution in [2.45, 2.75) is 4.90 Å². The molecule has 0 radical (unpaired) electrons. The number of anilines is 2. The summed E-state index contributed by atoms with van der Waals surface area (Å²) >= 11 is 0. The van der Waals surface area contributed by atoms with E-state index in [1.807, 2.05) is 18.2 Å². The van der Waals surface area contributed by atoms with Gasteiger partial charge in [0.25, 0.3) is 10.0 Å². The summed E-state index contributed by atoms with van der Waals surface area (Å²) in [4.78, 5) is 0.0934. The van der Waals surface area contributed by atoms with Gasteiger partial charge in [-0.15, -0.1) is 0 Å². The van der Waals surface area contributed by atoms with Gasteiger partial charge in [-0.25, -0.2) is 8.42 Å². The number of nitrogen functional groups attached to an aromatic ring is 1. The molecule has 8 heteroatoms. The molecule has 3 aromatic carbocycles. The number of methoxy groups -OCH3 is 3. The minimum Gasteiger partial charge on any atom is -0.493 e. The second kappa shape index (κ2) is 9.44. The van der Waals surface area contributed by atoms with Crippen LogP contribution in [0.3, 0.4) is 0 Å². The summed E-state index contributed by atoms with van der Waals surface area (Å²) in [6, 6.07) is 16.8. The lowest BCUT2D eigenvalue weighted by molar-refractivity contribution is 0.324. The minimum atomic E-state index is -3.79. The first-order valence-electron chi connectivity index (χ1n) is 9.33. The summed E-state index contributed by atoms with van der Waals surface area (Å²) in [6.07, 6.45) is 3.63. The topological polar surface area (TPSA) is 99.9 Å². The summed E-state index contributed by atoms with van der Waals surface area (Å²) in [5.41, 5.74) is 8.02. The van der Waals surface area contributed by atoms with E-state index in [9.17, 15) is 8.42 Å². The Morgan fingerprint density at radius 1 is 0.839 bits per heavy atom. The molecule has 3 aromatic rings. The number of nitrogens with two attached hydrogens (primary N) is 1. The third kappa shape index (κ3) is 5.10. The van der Waals surface area contributed by atoms with Gasteiger partial charge in [0, 0.05) is 5.69 Å². The van der Waals surface area contributed by atoms with Crippen molar-refractivity contribution in [1.82, 2.24) is 0 Å². The van der Waals surface area contributed by atoms with Gasteiger partial charge in [-0.1, -0.05) is 36.4 Å². The van der Waals surface area contributed by atoms with Crippen LogP contribution < -0.4 is 24.7 Å². The second-order valence-electron chi connectivity index (χ2n) is 6.56. The van der Waals surface area contributed by atoms with Crippen LogP contribution in [0.2, 0.25) is 0 Å². The average molecular weight is 441 g/mol. The summed E-state index contributed by atoms with van der Waals surface area (Å²) in [6.45, 7) is 0. The fourth-order valence-electron chi connectivity index (χ4n) is 3.00. The van der Waals surface area contributed by atoms with Crippen molar-refractivity contribution in [3.8, 4) is 17.2 Å². The van der Waals surface area contributed by atoms with E-state index in [-0.39, 0.29) is 4.90 Å². The second-order valence-corrected chi connectivity index (χ2v) is 8.24. The van der Waals surface area contributed by atoms with Crippen molar-refractivity contribution in [3.05, 3.63) is 71.8 Å². The molecule has 0 unspecified atom stereocenters. The first-order valence-corrected chi connectivity index (χ1v) is 10.8. The molecule has 0 saturated heterocycles. The highest BCUT2D eigenvalue weighted by molar-refractivity contribution is 7.92. The van der Waals surface area contributed by atoms with Gasteiger partial charge in [0.05, 0.1) is 31.9 Å². The zero-order valence-corrected chi connectivity index (χ0v) is 18.3. The number of nitrogens with one attached hydrogen (secondary N) is 1. The van der Waals surface area contributed by atoms with E-state index in [2.05, 4.69) is 4.72 Å². The molecule has 3 rings (SSSR count). The predicted octanol–water partition coefficient (Wildman–Crippen LogP) is 4.27. The Labute approximate surface area is 182 Å². The van der Waals surface area contributed by atoms with Crippen LogP contribution in [0, 0.1) is 0 Å². The lowest BCUT2D eigenvalue weighted by Gasteiger charge is -2.13. The zero-order chi connectivity index (χ0) is 22.4. The van der Waals surface area contributed by atoms with Crippen molar-refractivity contribution < 1.29 is 22.6 Å². The first-order chi connectivity index (χ1) is 14.9. The highest BCUT2D eigenvalue weighted by atomic mass is 32.2. The fourth-order valence-corrected chi connectivity index (χ4v) is 4.15. The van der Waals surface area contributed by atoms with Crippen LogP contribution in [0.4, 0.5) is 11.4 Å². The molecule has 0 atom stereocenters. The van der Waals surface area contributed by atoms with Gasteiger partial charge in [0.15, 0.2) is 11.5 Å². The molecular weight excluding hydrogens is 416 g/mol. The van der Waals surface area contributed by atoms with Gasteiger partial charge >= 0.3 is 0 Å². The van der Waals surface area contributed by atoms with Gasteiger partial charge < -0.3 is 19.9 Å². The van der Waals surface area contributed by atoms with E-state index in [4.69, 9.17) is 19.9 Å². The van der Waals surface area contributed by atoms with E-state index in [0.29, 0.717) is 34.2 Å². The van der Waals surface area contributed by atoms with E-state index in [1.165, 1.54) is 12.1 Å². The zero-order valence-electron chi connectivity index (χ0n) is 17.5. The van der Waals surface area contributed by atoms with Crippen LogP contribution in [0.1, 0.15) is 11.1 Å². The number of rotatable bonds is 8. The molecule has 0 heterocycles. The lowest BCUT2D eigenvalue weighted by Crippen LogP contribution is -2.13. The number of ether oxygens (including phenoxy) is 3. The molecule has 0 fully saturated rings. The Morgan fingerprint density at radius 2 is 1.52 bits per heavy atom. The summed E-state index contributed by atoms with van der Waals surface area (Å²) in [7, 11) is 0.842. The third-order valence-electron chi connectivity index (χ3n) is 4.52. The maximum atomic E-state index is 12.8. The predicted molar refractivity (Wildman–Crippen MR) is 123 cm³/mol. The average Bonchev–Trinajstić information content (AvgIpc) is 2.77. The minimum absolute atomic E-state index is 0.0934. The Balaban J connectivity index is 1.93. The maximum Gasteiger partial charge on any atom is 0.261 e. The summed E-state index contributed by atoms with van der Waals surface area (Å²) in [5, 5.41) is 0. The van der Waals surface area contributed by atoms with Crippen molar-refractivity contribution in [2.24, 2.45) is 0 Å². The van der Waals surface area contributed by atoms with Gasteiger partial charge in [0.1, 0.15) is 0 Å². The normalized spacial score (nSPS) is 11.3. The molecule has 0 aliphatic heterocycles. The Kier molecular flexibility index (Phi) is 6.71. The quantitative estimate of drug-likeness (QED) is 0.401.